The predicted molar refractivity (Wildman–Crippen MR) is 90.4 cm³/mol. The van der Waals surface area contributed by atoms with Gasteiger partial charge in [0.05, 0.1) is 0 Å². The number of aryl methyl sites for hydroxylation is 1. The van der Waals surface area contributed by atoms with Crippen molar-refractivity contribution in [3.8, 4) is 0 Å². The number of carbonyl (C=O) groups excluding carboxylic acids is 1. The predicted octanol–water partition coefficient (Wildman–Crippen LogP) is 3.80. The van der Waals surface area contributed by atoms with Crippen molar-refractivity contribution in [1.82, 2.24) is 9.88 Å². The fraction of sp³-hybridized carbons (Fsp3) is 0.167. The minimum absolute atomic E-state index is 0.0520. The molecule has 1 heterocycles. The number of nitrogens with one attached hydrogen (secondary N) is 1. The van der Waals surface area contributed by atoms with Gasteiger partial charge in [0.2, 0.25) is 0 Å². The van der Waals surface area contributed by atoms with E-state index in [-0.39, 0.29) is 5.91 Å². The van der Waals surface area contributed by atoms with E-state index in [2.05, 4.69) is 5.32 Å². The molecule has 1 amide bonds. The zero-order valence-electron chi connectivity index (χ0n) is 12.3. The van der Waals surface area contributed by atoms with Gasteiger partial charge in [0.25, 0.3) is 5.91 Å². The van der Waals surface area contributed by atoms with E-state index in [1.807, 2.05) is 66.3 Å². The Morgan fingerprint density at radius 3 is 2.77 bits per heavy atom. The van der Waals surface area contributed by atoms with Crippen molar-refractivity contribution in [1.29, 1.82) is 0 Å². The number of carbonyl (C=O) groups is 1. The van der Waals surface area contributed by atoms with Crippen LogP contribution in [0, 0.1) is 0 Å². The van der Waals surface area contributed by atoms with Crippen molar-refractivity contribution in [2.45, 2.75) is 6.42 Å². The Labute approximate surface area is 134 Å². The van der Waals surface area contributed by atoms with Crippen LogP contribution < -0.4 is 5.32 Å². The molecular formula is C18H17ClN2O. The van der Waals surface area contributed by atoms with Crippen molar-refractivity contribution in [3.05, 3.63) is 70.9 Å². The van der Waals surface area contributed by atoms with Gasteiger partial charge in [-0.05, 0) is 36.2 Å². The summed E-state index contributed by atoms with van der Waals surface area (Å²) in [6, 6.07) is 15.4. The zero-order chi connectivity index (χ0) is 15.5. The van der Waals surface area contributed by atoms with Crippen LogP contribution in [0.3, 0.4) is 0 Å². The number of fused-ring (bicyclic) bond motifs is 1. The van der Waals surface area contributed by atoms with Crippen LogP contribution >= 0.6 is 11.6 Å². The average Bonchev–Trinajstić information content (AvgIpc) is 2.91. The van der Waals surface area contributed by atoms with Gasteiger partial charge in [0, 0.05) is 41.3 Å². The maximum atomic E-state index is 12.4. The van der Waals surface area contributed by atoms with E-state index in [1.54, 1.807) is 0 Å². The van der Waals surface area contributed by atoms with Gasteiger partial charge in [-0.15, -0.1) is 0 Å². The molecule has 3 rings (SSSR count). The third-order valence-corrected chi connectivity index (χ3v) is 4.18. The number of halogens is 1. The molecule has 3 nitrogen and oxygen atoms in total. The number of nitrogens with zero attached hydrogens (tertiary/aromatic N) is 1. The number of hydrogen-bond donors (Lipinski definition) is 1. The first-order valence-electron chi connectivity index (χ1n) is 7.22. The van der Waals surface area contributed by atoms with Crippen LogP contribution in [0.25, 0.3) is 10.9 Å². The van der Waals surface area contributed by atoms with E-state index >= 15 is 0 Å². The minimum atomic E-state index is -0.0520. The first-order chi connectivity index (χ1) is 10.7. The molecule has 0 aliphatic rings. The summed E-state index contributed by atoms with van der Waals surface area (Å²) in [6.07, 6.45) is 2.68. The Bertz CT molecular complexity index is 823. The zero-order valence-corrected chi connectivity index (χ0v) is 13.1. The summed E-state index contributed by atoms with van der Waals surface area (Å²) in [4.78, 5) is 12.4. The summed E-state index contributed by atoms with van der Waals surface area (Å²) >= 11 is 6.12. The van der Waals surface area contributed by atoms with Crippen LogP contribution in [0.4, 0.5) is 0 Å². The monoisotopic (exact) mass is 312 g/mol. The van der Waals surface area contributed by atoms with E-state index < -0.39 is 0 Å². The van der Waals surface area contributed by atoms with Crippen molar-refractivity contribution in [3.63, 3.8) is 0 Å². The van der Waals surface area contributed by atoms with Gasteiger partial charge in [-0.3, -0.25) is 4.79 Å². The first-order valence-corrected chi connectivity index (χ1v) is 7.60. The quantitative estimate of drug-likeness (QED) is 0.781. The van der Waals surface area contributed by atoms with Crippen molar-refractivity contribution in [2.75, 3.05) is 6.54 Å². The molecule has 0 aliphatic carbocycles. The summed E-state index contributed by atoms with van der Waals surface area (Å²) in [5.74, 6) is -0.0520. The lowest BCUT2D eigenvalue weighted by Crippen LogP contribution is -2.25. The van der Waals surface area contributed by atoms with Crippen LogP contribution in [-0.4, -0.2) is 17.0 Å². The number of benzene rings is 2. The Hall–Kier alpha value is -2.26. The number of hydrogen-bond acceptors (Lipinski definition) is 1. The minimum Gasteiger partial charge on any atom is -0.352 e. The molecule has 0 unspecified atom stereocenters. The fourth-order valence-corrected chi connectivity index (χ4v) is 2.84. The molecule has 0 fully saturated rings. The number of rotatable bonds is 4. The smallest absolute Gasteiger partial charge is 0.251 e. The SMILES string of the molecule is Cn1ccc2c(C(=O)NCCc3ccccc3Cl)cccc21. The molecule has 0 aliphatic heterocycles. The first kappa shape index (κ1) is 14.7. The van der Waals surface area contributed by atoms with Gasteiger partial charge in [0.15, 0.2) is 0 Å². The maximum Gasteiger partial charge on any atom is 0.251 e. The second kappa shape index (κ2) is 6.24. The Kier molecular flexibility index (Phi) is 4.16. The van der Waals surface area contributed by atoms with Gasteiger partial charge >= 0.3 is 0 Å². The van der Waals surface area contributed by atoms with Crippen LogP contribution in [0.5, 0.6) is 0 Å². The molecule has 2 aromatic carbocycles. The second-order valence-corrected chi connectivity index (χ2v) is 5.67. The van der Waals surface area contributed by atoms with Gasteiger partial charge < -0.3 is 9.88 Å². The highest BCUT2D eigenvalue weighted by atomic mass is 35.5. The standard InChI is InChI=1S/C18H17ClN2O/c1-21-12-10-14-15(6-4-8-17(14)21)18(22)20-11-9-13-5-2-3-7-16(13)19/h2-8,10,12H,9,11H2,1H3,(H,20,22). The summed E-state index contributed by atoms with van der Waals surface area (Å²) in [5.41, 5.74) is 2.80. The van der Waals surface area contributed by atoms with Crippen LogP contribution in [-0.2, 0) is 13.5 Å². The molecule has 4 heteroatoms. The molecule has 0 bridgehead atoms. The lowest BCUT2D eigenvalue weighted by atomic mass is 10.1. The fourth-order valence-electron chi connectivity index (χ4n) is 2.61. The molecule has 1 aromatic heterocycles. The highest BCUT2D eigenvalue weighted by Crippen LogP contribution is 2.19. The normalized spacial score (nSPS) is 10.8. The molecule has 0 saturated carbocycles. The number of amides is 1. The summed E-state index contributed by atoms with van der Waals surface area (Å²) in [7, 11) is 1.97. The third-order valence-electron chi connectivity index (χ3n) is 3.81. The van der Waals surface area contributed by atoms with E-state index in [9.17, 15) is 4.79 Å². The highest BCUT2D eigenvalue weighted by Gasteiger charge is 2.11. The van der Waals surface area contributed by atoms with Crippen LogP contribution in [0.2, 0.25) is 5.02 Å². The highest BCUT2D eigenvalue weighted by molar-refractivity contribution is 6.31. The molecule has 0 atom stereocenters. The van der Waals surface area contributed by atoms with Gasteiger partial charge in [-0.1, -0.05) is 35.9 Å². The number of aromatic nitrogens is 1. The van der Waals surface area contributed by atoms with Crippen molar-refractivity contribution >= 4 is 28.4 Å². The maximum absolute atomic E-state index is 12.4. The lowest BCUT2D eigenvalue weighted by molar-refractivity contribution is 0.0956. The van der Waals surface area contributed by atoms with Gasteiger partial charge in [-0.25, -0.2) is 0 Å². The molecule has 0 spiro atoms. The van der Waals surface area contributed by atoms with Gasteiger partial charge in [-0.2, -0.15) is 0 Å². The third kappa shape index (κ3) is 2.85. The van der Waals surface area contributed by atoms with E-state index in [1.165, 1.54) is 0 Å². The molecule has 0 saturated heterocycles. The lowest BCUT2D eigenvalue weighted by Gasteiger charge is -2.08. The second-order valence-electron chi connectivity index (χ2n) is 5.26. The van der Waals surface area contributed by atoms with E-state index in [0.29, 0.717) is 12.1 Å². The summed E-state index contributed by atoms with van der Waals surface area (Å²) in [5, 5.41) is 4.68. The molecule has 3 aromatic rings. The van der Waals surface area contributed by atoms with Crippen LogP contribution in [0.1, 0.15) is 15.9 Å². The molecule has 0 radical (unpaired) electrons. The van der Waals surface area contributed by atoms with Crippen molar-refractivity contribution in [2.24, 2.45) is 7.05 Å². The largest absolute Gasteiger partial charge is 0.352 e. The van der Waals surface area contributed by atoms with Crippen LogP contribution in [0.15, 0.2) is 54.7 Å². The Morgan fingerprint density at radius 1 is 1.14 bits per heavy atom. The molecular weight excluding hydrogens is 296 g/mol. The average molecular weight is 313 g/mol. The topological polar surface area (TPSA) is 34.0 Å². The van der Waals surface area contributed by atoms with E-state index in [0.717, 1.165) is 27.9 Å². The van der Waals surface area contributed by atoms with Crippen molar-refractivity contribution < 1.29 is 4.79 Å². The summed E-state index contributed by atoms with van der Waals surface area (Å²) < 4.78 is 2.01. The molecule has 1 N–H and O–H groups in total. The Morgan fingerprint density at radius 2 is 1.95 bits per heavy atom. The Balaban J connectivity index is 1.70. The van der Waals surface area contributed by atoms with E-state index in [4.69, 9.17) is 11.6 Å². The molecule has 112 valence electrons. The summed E-state index contributed by atoms with van der Waals surface area (Å²) in [6.45, 7) is 0.561. The van der Waals surface area contributed by atoms with Gasteiger partial charge in [0.1, 0.15) is 0 Å². The molecule has 22 heavy (non-hydrogen) atoms.